The van der Waals surface area contributed by atoms with Crippen molar-refractivity contribution in [3.63, 3.8) is 0 Å². The van der Waals surface area contributed by atoms with E-state index in [0.29, 0.717) is 11.9 Å². The zero-order valence-electron chi connectivity index (χ0n) is 18.5. The number of aromatic nitrogens is 2. The van der Waals surface area contributed by atoms with Gasteiger partial charge >= 0.3 is 0 Å². The van der Waals surface area contributed by atoms with Crippen LogP contribution in [0.4, 0.5) is 17.3 Å². The molecule has 2 fully saturated rings. The minimum absolute atomic E-state index is 0.0407. The number of morpholine rings is 1. The average molecular weight is 422 g/mol. The molecular formula is C24H31N5O2. The second kappa shape index (κ2) is 8.11. The largest absolute Gasteiger partial charge is 0.378 e. The lowest BCUT2D eigenvalue weighted by atomic mass is 9.79. The number of hydrogen-bond donors (Lipinski definition) is 1. The number of amides is 1. The molecule has 0 bridgehead atoms. The molecule has 1 aromatic carbocycles. The quantitative estimate of drug-likeness (QED) is 0.814. The van der Waals surface area contributed by atoms with E-state index in [0.717, 1.165) is 43.2 Å². The van der Waals surface area contributed by atoms with E-state index < -0.39 is 0 Å². The van der Waals surface area contributed by atoms with Gasteiger partial charge in [-0.15, -0.1) is 0 Å². The van der Waals surface area contributed by atoms with Crippen molar-refractivity contribution in [2.45, 2.75) is 45.7 Å². The first-order chi connectivity index (χ1) is 15.0. The van der Waals surface area contributed by atoms with Crippen LogP contribution in [0.15, 0.2) is 30.5 Å². The Morgan fingerprint density at radius 1 is 1.19 bits per heavy atom. The van der Waals surface area contributed by atoms with Gasteiger partial charge in [0, 0.05) is 60.8 Å². The summed E-state index contributed by atoms with van der Waals surface area (Å²) in [5, 5.41) is 3.63. The van der Waals surface area contributed by atoms with Crippen LogP contribution in [0.3, 0.4) is 0 Å². The Morgan fingerprint density at radius 2 is 1.97 bits per heavy atom. The number of hydrogen-bond acceptors (Lipinski definition) is 6. The van der Waals surface area contributed by atoms with E-state index in [9.17, 15) is 4.79 Å². The Hall–Kier alpha value is -2.67. The number of benzene rings is 1. The molecule has 3 aliphatic rings. The monoisotopic (exact) mass is 421 g/mol. The lowest BCUT2D eigenvalue weighted by Crippen LogP contribution is -2.51. The number of anilines is 3. The molecule has 1 saturated heterocycles. The number of carbonyl (C=O) groups excluding carboxylic acids is 1. The van der Waals surface area contributed by atoms with Gasteiger partial charge in [0.25, 0.3) is 0 Å². The first kappa shape index (κ1) is 20.2. The smallest absolute Gasteiger partial charge is 0.224 e. The molecule has 1 N–H and O–H groups in total. The summed E-state index contributed by atoms with van der Waals surface area (Å²) >= 11 is 0. The standard InChI is InChI=1S/C24H31N5O2/c1-15-8-9-25-24(26-15)27-22-16(2)23(18-4-5-18)29(17(3)30)21-7-6-19(14-20(21)22)28-10-12-31-13-11-28/h6-9,14,16,18,22-23H,4-5,10-13H2,1-3H3,(H,25,26,27)/t16-,22?,23?/m1/s1. The summed E-state index contributed by atoms with van der Waals surface area (Å²) in [5.41, 5.74) is 4.28. The molecule has 1 aliphatic carbocycles. The SMILES string of the molecule is CC(=O)N1c2ccc(N3CCOCC3)cc2C(Nc2nccc(C)n2)[C@@H](C)C1C1CC1. The molecule has 7 heteroatoms. The minimum Gasteiger partial charge on any atom is -0.378 e. The van der Waals surface area contributed by atoms with Crippen LogP contribution in [0.1, 0.15) is 44.0 Å². The molecule has 1 saturated carbocycles. The zero-order chi connectivity index (χ0) is 21.5. The van der Waals surface area contributed by atoms with Crippen LogP contribution in [0, 0.1) is 18.8 Å². The van der Waals surface area contributed by atoms with Crippen LogP contribution in [-0.4, -0.2) is 48.2 Å². The fraction of sp³-hybridized carbons (Fsp3) is 0.542. The first-order valence-electron chi connectivity index (χ1n) is 11.4. The fourth-order valence-corrected chi connectivity index (χ4v) is 5.23. The molecule has 164 valence electrons. The van der Waals surface area contributed by atoms with Crippen molar-refractivity contribution in [3.8, 4) is 0 Å². The van der Waals surface area contributed by atoms with Crippen LogP contribution in [0.25, 0.3) is 0 Å². The van der Waals surface area contributed by atoms with Gasteiger partial charge in [-0.1, -0.05) is 6.92 Å². The third-order valence-electron chi connectivity index (χ3n) is 6.87. The fourth-order valence-electron chi connectivity index (χ4n) is 5.23. The van der Waals surface area contributed by atoms with Crippen LogP contribution < -0.4 is 15.1 Å². The maximum atomic E-state index is 12.8. The molecule has 5 rings (SSSR count). The summed E-state index contributed by atoms with van der Waals surface area (Å²) in [6.07, 6.45) is 4.17. The summed E-state index contributed by atoms with van der Waals surface area (Å²) in [5.74, 6) is 1.57. The van der Waals surface area contributed by atoms with Gasteiger partial charge in [0.2, 0.25) is 11.9 Å². The van der Waals surface area contributed by atoms with E-state index in [1.54, 1.807) is 13.1 Å². The Bertz CT molecular complexity index is 970. The zero-order valence-corrected chi connectivity index (χ0v) is 18.5. The maximum Gasteiger partial charge on any atom is 0.224 e. The van der Waals surface area contributed by atoms with Crippen molar-refractivity contribution in [3.05, 3.63) is 41.7 Å². The van der Waals surface area contributed by atoms with Crippen LogP contribution in [-0.2, 0) is 9.53 Å². The molecule has 0 radical (unpaired) electrons. The molecule has 2 unspecified atom stereocenters. The van der Waals surface area contributed by atoms with Gasteiger partial charge in [0.15, 0.2) is 0 Å². The van der Waals surface area contributed by atoms with Gasteiger partial charge in [-0.05, 0) is 49.9 Å². The van der Waals surface area contributed by atoms with Crippen LogP contribution in [0.2, 0.25) is 0 Å². The summed E-state index contributed by atoms with van der Waals surface area (Å²) in [6, 6.07) is 8.68. The van der Waals surface area contributed by atoms with Gasteiger partial charge in [-0.25, -0.2) is 9.97 Å². The molecule has 1 amide bonds. The summed E-state index contributed by atoms with van der Waals surface area (Å²) < 4.78 is 5.53. The Morgan fingerprint density at radius 3 is 2.65 bits per heavy atom. The molecular weight excluding hydrogens is 390 g/mol. The lowest BCUT2D eigenvalue weighted by molar-refractivity contribution is -0.117. The van der Waals surface area contributed by atoms with Crippen molar-refractivity contribution < 1.29 is 9.53 Å². The summed E-state index contributed by atoms with van der Waals surface area (Å²) in [4.78, 5) is 26.3. The highest BCUT2D eigenvalue weighted by atomic mass is 16.5. The second-order valence-electron chi connectivity index (χ2n) is 9.06. The highest BCUT2D eigenvalue weighted by Crippen LogP contribution is 2.50. The van der Waals surface area contributed by atoms with Crippen LogP contribution >= 0.6 is 0 Å². The first-order valence-corrected chi connectivity index (χ1v) is 11.4. The maximum absolute atomic E-state index is 12.8. The van der Waals surface area contributed by atoms with Crippen LogP contribution in [0.5, 0.6) is 0 Å². The molecule has 3 heterocycles. The highest BCUT2D eigenvalue weighted by molar-refractivity contribution is 5.94. The van der Waals surface area contributed by atoms with E-state index >= 15 is 0 Å². The van der Waals surface area contributed by atoms with Crippen molar-refractivity contribution in [2.75, 3.05) is 41.4 Å². The van der Waals surface area contributed by atoms with Crippen molar-refractivity contribution in [1.29, 1.82) is 0 Å². The number of ether oxygens (including phenoxy) is 1. The predicted octanol–water partition coefficient (Wildman–Crippen LogP) is 3.56. The third-order valence-corrected chi connectivity index (χ3v) is 6.87. The number of rotatable bonds is 4. The number of nitrogens with one attached hydrogen (secondary N) is 1. The predicted molar refractivity (Wildman–Crippen MR) is 121 cm³/mol. The molecule has 7 nitrogen and oxygen atoms in total. The molecule has 31 heavy (non-hydrogen) atoms. The number of carbonyl (C=O) groups is 1. The van der Waals surface area contributed by atoms with Crippen molar-refractivity contribution >= 4 is 23.2 Å². The van der Waals surface area contributed by atoms with Gasteiger partial charge in [0.1, 0.15) is 0 Å². The third kappa shape index (κ3) is 3.87. The lowest BCUT2D eigenvalue weighted by Gasteiger charge is -2.46. The molecule has 1 aromatic heterocycles. The van der Waals surface area contributed by atoms with E-state index in [1.807, 2.05) is 13.0 Å². The molecule has 3 atom stereocenters. The normalized spacial score (nSPS) is 25.8. The van der Waals surface area contributed by atoms with Crippen molar-refractivity contribution in [1.82, 2.24) is 9.97 Å². The van der Waals surface area contributed by atoms with Gasteiger partial charge in [-0.3, -0.25) is 4.79 Å². The average Bonchev–Trinajstić information content (AvgIpc) is 3.60. The van der Waals surface area contributed by atoms with Gasteiger partial charge in [0.05, 0.1) is 19.3 Å². The summed E-state index contributed by atoms with van der Waals surface area (Å²) in [7, 11) is 0. The van der Waals surface area contributed by atoms with Gasteiger partial charge < -0.3 is 19.9 Å². The highest BCUT2D eigenvalue weighted by Gasteiger charge is 2.47. The van der Waals surface area contributed by atoms with Crippen molar-refractivity contribution in [2.24, 2.45) is 11.8 Å². The molecule has 0 spiro atoms. The Labute approximate surface area is 183 Å². The molecule has 2 aliphatic heterocycles. The number of nitrogens with zero attached hydrogens (tertiary/aromatic N) is 4. The van der Waals surface area contributed by atoms with E-state index in [-0.39, 0.29) is 23.9 Å². The summed E-state index contributed by atoms with van der Waals surface area (Å²) in [6.45, 7) is 9.19. The minimum atomic E-state index is 0.0407. The van der Waals surface area contributed by atoms with Gasteiger partial charge in [-0.2, -0.15) is 0 Å². The van der Waals surface area contributed by atoms with E-state index in [1.165, 1.54) is 18.5 Å². The second-order valence-corrected chi connectivity index (χ2v) is 9.06. The Balaban J connectivity index is 1.58. The Kier molecular flexibility index (Phi) is 5.30. The molecule has 2 aromatic rings. The topological polar surface area (TPSA) is 70.6 Å². The van der Waals surface area contributed by atoms with E-state index in [2.05, 4.69) is 50.2 Å². The number of aryl methyl sites for hydroxylation is 1. The van der Waals surface area contributed by atoms with E-state index in [4.69, 9.17) is 4.74 Å². The number of fused-ring (bicyclic) bond motifs is 1.